The molecule has 1 aliphatic heterocycles. The topological polar surface area (TPSA) is 86.7 Å². The molecule has 1 saturated heterocycles. The highest BCUT2D eigenvalue weighted by Gasteiger charge is 2.27. The number of nitrogens with zero attached hydrogens (tertiary/aromatic N) is 1. The van der Waals surface area contributed by atoms with E-state index < -0.39 is 5.97 Å². The second-order valence-corrected chi connectivity index (χ2v) is 4.54. The van der Waals surface area contributed by atoms with Crippen LogP contribution in [0.5, 0.6) is 0 Å². The molecule has 0 spiro atoms. The van der Waals surface area contributed by atoms with Gasteiger partial charge in [-0.2, -0.15) is 0 Å². The van der Waals surface area contributed by atoms with Gasteiger partial charge in [-0.15, -0.1) is 0 Å². The Hall–Kier alpha value is -1.59. The van der Waals surface area contributed by atoms with E-state index in [1.54, 1.807) is 11.9 Å². The summed E-state index contributed by atoms with van der Waals surface area (Å²) in [6.45, 7) is 1.12. The van der Waals surface area contributed by atoms with Gasteiger partial charge in [0.25, 0.3) is 0 Å². The van der Waals surface area contributed by atoms with Gasteiger partial charge in [0.15, 0.2) is 0 Å². The lowest BCUT2D eigenvalue weighted by molar-refractivity contribution is -0.137. The number of hydrogen-bond donors (Lipinski definition) is 2. The van der Waals surface area contributed by atoms with E-state index in [0.717, 1.165) is 12.8 Å². The molecule has 0 aromatic heterocycles. The van der Waals surface area contributed by atoms with Crippen LogP contribution < -0.4 is 5.32 Å². The first kappa shape index (κ1) is 14.5. The molecule has 6 nitrogen and oxygen atoms in total. The Morgan fingerprint density at radius 3 is 2.67 bits per heavy atom. The molecule has 2 amide bonds. The Kier molecular flexibility index (Phi) is 5.61. The quantitative estimate of drug-likeness (QED) is 0.737. The van der Waals surface area contributed by atoms with Crippen LogP contribution in [0.3, 0.4) is 0 Å². The Morgan fingerprint density at radius 2 is 2.06 bits per heavy atom. The van der Waals surface area contributed by atoms with Gasteiger partial charge in [-0.05, 0) is 19.3 Å². The van der Waals surface area contributed by atoms with E-state index in [1.165, 1.54) is 0 Å². The monoisotopic (exact) mass is 256 g/mol. The summed E-state index contributed by atoms with van der Waals surface area (Å²) in [5, 5.41) is 11.1. The summed E-state index contributed by atoms with van der Waals surface area (Å²) in [6.07, 6.45) is 2.24. The molecule has 2 N–H and O–H groups in total. The van der Waals surface area contributed by atoms with E-state index in [9.17, 15) is 14.4 Å². The summed E-state index contributed by atoms with van der Waals surface area (Å²) in [6, 6.07) is 0. The molecule has 1 fully saturated rings. The fourth-order valence-corrected chi connectivity index (χ4v) is 2.17. The Morgan fingerprint density at radius 1 is 1.33 bits per heavy atom. The molecule has 0 aromatic carbocycles. The smallest absolute Gasteiger partial charge is 0.303 e. The standard InChI is InChI=1S/C12H20N2O4/c1-13-12(18)9-4-3-7-14(8-9)10(15)5-2-6-11(16)17/h9H,2-8H2,1H3,(H,13,18)(H,16,17). The third-order valence-electron chi connectivity index (χ3n) is 3.17. The fraction of sp³-hybridized carbons (Fsp3) is 0.750. The van der Waals surface area contributed by atoms with Crippen molar-refractivity contribution in [3.8, 4) is 0 Å². The summed E-state index contributed by atoms with van der Waals surface area (Å²) in [4.78, 5) is 35.4. The van der Waals surface area contributed by atoms with Crippen molar-refractivity contribution in [3.05, 3.63) is 0 Å². The normalized spacial score (nSPS) is 19.4. The predicted molar refractivity (Wildman–Crippen MR) is 64.9 cm³/mol. The minimum absolute atomic E-state index is 0.0124. The minimum atomic E-state index is -0.885. The van der Waals surface area contributed by atoms with Crippen LogP contribution in [0.4, 0.5) is 0 Å². The molecule has 0 radical (unpaired) electrons. The number of aliphatic carboxylic acids is 1. The third-order valence-corrected chi connectivity index (χ3v) is 3.17. The van der Waals surface area contributed by atoms with Crippen molar-refractivity contribution in [1.82, 2.24) is 10.2 Å². The number of hydrogen-bond acceptors (Lipinski definition) is 3. The van der Waals surface area contributed by atoms with E-state index in [0.29, 0.717) is 19.5 Å². The predicted octanol–water partition coefficient (Wildman–Crippen LogP) is 0.226. The number of carboxylic acid groups (broad SMARTS) is 1. The molecule has 0 bridgehead atoms. The van der Waals surface area contributed by atoms with Gasteiger partial charge in [0.05, 0.1) is 5.92 Å². The molecule has 1 aliphatic rings. The van der Waals surface area contributed by atoms with Crippen molar-refractivity contribution in [2.45, 2.75) is 32.1 Å². The minimum Gasteiger partial charge on any atom is -0.481 e. The molecule has 18 heavy (non-hydrogen) atoms. The second kappa shape index (κ2) is 6.98. The van der Waals surface area contributed by atoms with Gasteiger partial charge in [0.2, 0.25) is 11.8 Å². The zero-order valence-electron chi connectivity index (χ0n) is 10.6. The lowest BCUT2D eigenvalue weighted by Gasteiger charge is -2.31. The Bertz CT molecular complexity index is 330. The number of rotatable bonds is 5. The van der Waals surface area contributed by atoms with Crippen LogP contribution in [0.15, 0.2) is 0 Å². The van der Waals surface area contributed by atoms with E-state index in [2.05, 4.69) is 5.32 Å². The summed E-state index contributed by atoms with van der Waals surface area (Å²) in [7, 11) is 1.59. The average molecular weight is 256 g/mol. The lowest BCUT2D eigenvalue weighted by Crippen LogP contribution is -2.44. The van der Waals surface area contributed by atoms with E-state index in [1.807, 2.05) is 0 Å². The molecular weight excluding hydrogens is 236 g/mol. The van der Waals surface area contributed by atoms with Gasteiger partial charge in [-0.1, -0.05) is 0 Å². The van der Waals surface area contributed by atoms with Crippen LogP contribution in [0.25, 0.3) is 0 Å². The van der Waals surface area contributed by atoms with Crippen LogP contribution in [0.2, 0.25) is 0 Å². The molecule has 1 unspecified atom stereocenters. The van der Waals surface area contributed by atoms with Crippen molar-refractivity contribution in [3.63, 3.8) is 0 Å². The van der Waals surface area contributed by atoms with Gasteiger partial charge < -0.3 is 15.3 Å². The zero-order chi connectivity index (χ0) is 13.5. The molecule has 1 heterocycles. The summed E-state index contributed by atoms with van der Waals surface area (Å²) in [5.41, 5.74) is 0. The van der Waals surface area contributed by atoms with Crippen LogP contribution in [-0.2, 0) is 14.4 Å². The van der Waals surface area contributed by atoms with Crippen molar-refractivity contribution in [2.24, 2.45) is 5.92 Å². The highest BCUT2D eigenvalue weighted by Crippen LogP contribution is 2.17. The Balaban J connectivity index is 2.38. The van der Waals surface area contributed by atoms with Crippen LogP contribution in [-0.4, -0.2) is 47.9 Å². The lowest BCUT2D eigenvalue weighted by atomic mass is 9.97. The molecular formula is C12H20N2O4. The maximum Gasteiger partial charge on any atom is 0.303 e. The first-order chi connectivity index (χ1) is 8.54. The number of carboxylic acids is 1. The molecule has 1 rings (SSSR count). The molecule has 0 aliphatic carbocycles. The van der Waals surface area contributed by atoms with Crippen LogP contribution in [0, 0.1) is 5.92 Å². The molecule has 6 heteroatoms. The van der Waals surface area contributed by atoms with Crippen molar-refractivity contribution < 1.29 is 19.5 Å². The number of nitrogens with one attached hydrogen (secondary N) is 1. The van der Waals surface area contributed by atoms with Gasteiger partial charge in [0.1, 0.15) is 0 Å². The van der Waals surface area contributed by atoms with Gasteiger partial charge in [-0.25, -0.2) is 0 Å². The maximum absolute atomic E-state index is 11.8. The SMILES string of the molecule is CNC(=O)C1CCCN(C(=O)CCCC(=O)O)C1. The van der Waals surface area contributed by atoms with Crippen molar-refractivity contribution in [1.29, 1.82) is 0 Å². The van der Waals surface area contributed by atoms with E-state index in [-0.39, 0.29) is 30.6 Å². The first-order valence-electron chi connectivity index (χ1n) is 6.25. The summed E-state index contributed by atoms with van der Waals surface area (Å²) < 4.78 is 0. The zero-order valence-corrected chi connectivity index (χ0v) is 10.6. The second-order valence-electron chi connectivity index (χ2n) is 4.54. The van der Waals surface area contributed by atoms with Crippen molar-refractivity contribution in [2.75, 3.05) is 20.1 Å². The van der Waals surface area contributed by atoms with Crippen LogP contribution in [0.1, 0.15) is 32.1 Å². The fourth-order valence-electron chi connectivity index (χ4n) is 2.17. The number of likely N-dealkylation sites (tertiary alicyclic amines) is 1. The Labute approximate surface area is 106 Å². The summed E-state index contributed by atoms with van der Waals surface area (Å²) in [5.74, 6) is -1.10. The third kappa shape index (κ3) is 4.35. The van der Waals surface area contributed by atoms with Gasteiger partial charge >= 0.3 is 5.97 Å². The molecule has 102 valence electrons. The van der Waals surface area contributed by atoms with Gasteiger partial charge in [0, 0.05) is 33.0 Å². The summed E-state index contributed by atoms with van der Waals surface area (Å²) >= 11 is 0. The number of amides is 2. The average Bonchev–Trinajstić information content (AvgIpc) is 2.37. The van der Waals surface area contributed by atoms with Crippen molar-refractivity contribution >= 4 is 17.8 Å². The van der Waals surface area contributed by atoms with E-state index >= 15 is 0 Å². The number of carbonyl (C=O) groups is 3. The number of carbonyl (C=O) groups excluding carboxylic acids is 2. The highest BCUT2D eigenvalue weighted by molar-refractivity contribution is 5.81. The molecule has 1 atom stereocenters. The van der Waals surface area contributed by atoms with Crippen LogP contribution >= 0.6 is 0 Å². The first-order valence-corrected chi connectivity index (χ1v) is 6.25. The molecule has 0 saturated carbocycles. The number of piperidine rings is 1. The maximum atomic E-state index is 11.8. The van der Waals surface area contributed by atoms with Gasteiger partial charge in [-0.3, -0.25) is 14.4 Å². The molecule has 0 aromatic rings. The van der Waals surface area contributed by atoms with E-state index in [4.69, 9.17) is 5.11 Å². The highest BCUT2D eigenvalue weighted by atomic mass is 16.4. The largest absolute Gasteiger partial charge is 0.481 e.